The molecule has 0 unspecified atom stereocenters. The number of aromatic amines is 1. The van der Waals surface area contributed by atoms with Crippen LogP contribution in [0.2, 0.25) is 0 Å². The number of benzene rings is 2. The van der Waals surface area contributed by atoms with Gasteiger partial charge in [-0.3, -0.25) is 9.59 Å². The van der Waals surface area contributed by atoms with E-state index in [2.05, 4.69) is 62.2 Å². The van der Waals surface area contributed by atoms with E-state index >= 15 is 0 Å². The molecule has 0 fully saturated rings. The van der Waals surface area contributed by atoms with Gasteiger partial charge in [0.15, 0.2) is 0 Å². The van der Waals surface area contributed by atoms with E-state index in [1.165, 1.54) is 16.5 Å². The minimum atomic E-state index is -0.0183. The predicted molar refractivity (Wildman–Crippen MR) is 140 cm³/mol. The van der Waals surface area contributed by atoms with Crippen LogP contribution in [0.5, 0.6) is 0 Å². The van der Waals surface area contributed by atoms with Gasteiger partial charge in [-0.1, -0.05) is 70.2 Å². The molecule has 0 radical (unpaired) electrons. The fourth-order valence-electron chi connectivity index (χ4n) is 4.22. The van der Waals surface area contributed by atoms with E-state index in [4.69, 9.17) is 0 Å². The van der Waals surface area contributed by atoms with Crippen molar-refractivity contribution in [1.82, 2.24) is 14.8 Å². The lowest BCUT2D eigenvalue weighted by Crippen LogP contribution is -2.46. The molecule has 34 heavy (non-hydrogen) atoms. The first-order chi connectivity index (χ1) is 16.1. The molecule has 0 atom stereocenters. The fraction of sp³-hybridized carbons (Fsp3) is 0.448. The average molecular weight is 462 g/mol. The first kappa shape index (κ1) is 25.5. The number of carbonyl (C=O) groups is 2. The Bertz CT molecular complexity index is 1110. The smallest absolute Gasteiger partial charge is 0.242 e. The molecule has 1 heterocycles. The molecule has 1 aromatic heterocycles. The van der Waals surface area contributed by atoms with E-state index in [0.717, 1.165) is 17.5 Å². The largest absolute Gasteiger partial charge is 0.361 e. The van der Waals surface area contributed by atoms with Crippen molar-refractivity contribution >= 4 is 22.7 Å². The van der Waals surface area contributed by atoms with Crippen LogP contribution in [0.4, 0.5) is 0 Å². The molecule has 0 spiro atoms. The van der Waals surface area contributed by atoms with Gasteiger partial charge in [0.1, 0.15) is 0 Å². The quantitative estimate of drug-likeness (QED) is 0.445. The number of amides is 2. The molecule has 182 valence electrons. The van der Waals surface area contributed by atoms with Gasteiger partial charge < -0.3 is 14.8 Å². The average Bonchev–Trinajstić information content (AvgIpc) is 3.22. The van der Waals surface area contributed by atoms with Gasteiger partial charge in [0, 0.05) is 42.7 Å². The Labute approximate surface area is 204 Å². The van der Waals surface area contributed by atoms with Crippen LogP contribution in [0.15, 0.2) is 54.7 Å². The molecular weight excluding hydrogens is 422 g/mol. The van der Waals surface area contributed by atoms with Gasteiger partial charge in [0.25, 0.3) is 0 Å². The summed E-state index contributed by atoms with van der Waals surface area (Å²) in [6.45, 7) is 13.6. The van der Waals surface area contributed by atoms with Crippen molar-refractivity contribution in [1.29, 1.82) is 0 Å². The number of carbonyl (C=O) groups excluding carboxylic acids is 2. The van der Waals surface area contributed by atoms with Gasteiger partial charge in [0.05, 0.1) is 6.54 Å². The first-order valence-corrected chi connectivity index (χ1v) is 12.3. The third-order valence-electron chi connectivity index (χ3n) is 6.42. The van der Waals surface area contributed by atoms with E-state index < -0.39 is 0 Å². The van der Waals surface area contributed by atoms with Gasteiger partial charge in [-0.15, -0.1) is 0 Å². The molecule has 2 aromatic carbocycles. The zero-order valence-electron chi connectivity index (χ0n) is 21.5. The van der Waals surface area contributed by atoms with Gasteiger partial charge in [-0.05, 0) is 48.4 Å². The van der Waals surface area contributed by atoms with Gasteiger partial charge in [-0.25, -0.2) is 0 Å². The number of hydrogen-bond donors (Lipinski definition) is 1. The molecule has 3 rings (SSSR count). The van der Waals surface area contributed by atoms with E-state index in [1.54, 1.807) is 4.90 Å². The minimum absolute atomic E-state index is 0.00876. The first-order valence-electron chi connectivity index (χ1n) is 12.3. The Morgan fingerprint density at radius 3 is 2.26 bits per heavy atom. The Kier molecular flexibility index (Phi) is 8.19. The van der Waals surface area contributed by atoms with Crippen LogP contribution >= 0.6 is 0 Å². The number of rotatable bonds is 9. The Morgan fingerprint density at radius 1 is 0.971 bits per heavy atom. The number of nitrogens with zero attached hydrogens (tertiary/aromatic N) is 2. The summed E-state index contributed by atoms with van der Waals surface area (Å²) in [7, 11) is 0. The van der Waals surface area contributed by atoms with Crippen LogP contribution in [-0.4, -0.2) is 45.7 Å². The van der Waals surface area contributed by atoms with Crippen molar-refractivity contribution in [2.24, 2.45) is 0 Å². The number of nitrogens with one attached hydrogen (secondary N) is 1. The van der Waals surface area contributed by atoms with Gasteiger partial charge >= 0.3 is 0 Å². The van der Waals surface area contributed by atoms with Crippen molar-refractivity contribution in [3.63, 3.8) is 0 Å². The van der Waals surface area contributed by atoms with Crippen LogP contribution in [-0.2, 0) is 28.0 Å². The van der Waals surface area contributed by atoms with Gasteiger partial charge in [0.2, 0.25) is 11.8 Å². The molecule has 0 saturated carbocycles. The maximum absolute atomic E-state index is 13.5. The van der Waals surface area contributed by atoms with Crippen LogP contribution < -0.4 is 0 Å². The number of para-hydroxylation sites is 1. The summed E-state index contributed by atoms with van der Waals surface area (Å²) in [6.07, 6.45) is 3.18. The molecule has 0 saturated heterocycles. The van der Waals surface area contributed by atoms with Crippen LogP contribution in [0.3, 0.4) is 0 Å². The topological polar surface area (TPSA) is 56.4 Å². The van der Waals surface area contributed by atoms with Crippen molar-refractivity contribution < 1.29 is 9.59 Å². The maximum Gasteiger partial charge on any atom is 0.242 e. The summed E-state index contributed by atoms with van der Waals surface area (Å²) in [5.74, 6) is -0.00954. The van der Waals surface area contributed by atoms with Crippen LogP contribution in [0, 0.1) is 0 Å². The second-order valence-corrected chi connectivity index (χ2v) is 10.3. The molecule has 1 N–H and O–H groups in total. The normalized spacial score (nSPS) is 11.7. The highest BCUT2D eigenvalue weighted by molar-refractivity contribution is 5.85. The summed E-state index contributed by atoms with van der Waals surface area (Å²) in [5, 5.41) is 1.19. The summed E-state index contributed by atoms with van der Waals surface area (Å²) in [6, 6.07) is 16.7. The maximum atomic E-state index is 13.5. The standard InChI is InChI=1S/C29H39N3O2/c1-7-27(33)32(21(2)3)20-28(34)31(19-22-12-14-24(15-13-22)29(4,5)6)17-16-23-18-30-26-11-9-8-10-25(23)26/h8-15,18,21,30H,7,16-17,19-20H2,1-6H3. The zero-order chi connectivity index (χ0) is 24.9. The van der Waals surface area contributed by atoms with E-state index in [1.807, 2.05) is 44.0 Å². The third-order valence-corrected chi connectivity index (χ3v) is 6.42. The molecule has 5 heteroatoms. The molecule has 0 aliphatic carbocycles. The van der Waals surface area contributed by atoms with Gasteiger partial charge in [-0.2, -0.15) is 0 Å². The molecule has 0 aliphatic heterocycles. The molecule has 5 nitrogen and oxygen atoms in total. The number of aromatic nitrogens is 1. The van der Waals surface area contributed by atoms with Crippen molar-refractivity contribution in [2.75, 3.05) is 13.1 Å². The Balaban J connectivity index is 1.81. The summed E-state index contributed by atoms with van der Waals surface area (Å²) < 4.78 is 0. The Morgan fingerprint density at radius 2 is 1.65 bits per heavy atom. The second-order valence-electron chi connectivity index (χ2n) is 10.3. The summed E-state index contributed by atoms with van der Waals surface area (Å²) >= 11 is 0. The lowest BCUT2D eigenvalue weighted by Gasteiger charge is -2.30. The number of hydrogen-bond acceptors (Lipinski definition) is 2. The van der Waals surface area contributed by atoms with E-state index in [-0.39, 0.29) is 29.8 Å². The summed E-state index contributed by atoms with van der Waals surface area (Å²) in [4.78, 5) is 32.8. The molecule has 2 amide bonds. The lowest BCUT2D eigenvalue weighted by atomic mass is 9.87. The highest BCUT2D eigenvalue weighted by Gasteiger charge is 2.23. The van der Waals surface area contributed by atoms with Crippen molar-refractivity contribution in [2.45, 2.75) is 72.4 Å². The minimum Gasteiger partial charge on any atom is -0.361 e. The molecule has 0 aliphatic rings. The lowest BCUT2D eigenvalue weighted by molar-refractivity contribution is -0.142. The molecule has 0 bridgehead atoms. The van der Waals surface area contributed by atoms with Crippen molar-refractivity contribution in [3.05, 3.63) is 71.4 Å². The van der Waals surface area contributed by atoms with Crippen LogP contribution in [0.1, 0.15) is 64.7 Å². The van der Waals surface area contributed by atoms with E-state index in [0.29, 0.717) is 19.5 Å². The SMILES string of the molecule is CCC(=O)N(CC(=O)N(CCc1c[nH]c2ccccc12)Cc1ccc(C(C)(C)C)cc1)C(C)C. The number of fused-ring (bicyclic) bond motifs is 1. The third kappa shape index (κ3) is 6.28. The van der Waals surface area contributed by atoms with Crippen LogP contribution in [0.25, 0.3) is 10.9 Å². The fourth-order valence-corrected chi connectivity index (χ4v) is 4.22. The number of H-pyrrole nitrogens is 1. The zero-order valence-corrected chi connectivity index (χ0v) is 21.5. The predicted octanol–water partition coefficient (Wildman–Crippen LogP) is 5.68. The summed E-state index contributed by atoms with van der Waals surface area (Å²) in [5.41, 5.74) is 4.75. The highest BCUT2D eigenvalue weighted by atomic mass is 16.2. The molecule has 3 aromatic rings. The highest BCUT2D eigenvalue weighted by Crippen LogP contribution is 2.23. The Hall–Kier alpha value is -3.08. The second kappa shape index (κ2) is 10.9. The molecular formula is C29H39N3O2. The van der Waals surface area contributed by atoms with E-state index in [9.17, 15) is 9.59 Å². The monoisotopic (exact) mass is 461 g/mol. The van der Waals surface area contributed by atoms with Crippen molar-refractivity contribution in [3.8, 4) is 0 Å².